The number of nitrogens with zero attached hydrogens (tertiary/aromatic N) is 2. The van der Waals surface area contributed by atoms with Gasteiger partial charge in [-0.2, -0.15) is 0 Å². The van der Waals surface area contributed by atoms with Gasteiger partial charge in [-0.1, -0.05) is 6.07 Å². The second-order valence-corrected chi connectivity index (χ2v) is 5.47. The van der Waals surface area contributed by atoms with E-state index in [1.54, 1.807) is 12.1 Å². The monoisotopic (exact) mass is 346 g/mol. The van der Waals surface area contributed by atoms with E-state index in [1.165, 1.54) is 30.5 Å². The number of benzene rings is 1. The van der Waals surface area contributed by atoms with Crippen LogP contribution in [0.4, 0.5) is 11.4 Å². The minimum absolute atomic E-state index is 0.168. The van der Waals surface area contributed by atoms with Crippen LogP contribution in [0.25, 0.3) is 0 Å². The van der Waals surface area contributed by atoms with Crippen LogP contribution in [0.5, 0.6) is 0 Å². The summed E-state index contributed by atoms with van der Waals surface area (Å²) in [4.78, 5) is 35.9. The van der Waals surface area contributed by atoms with Crippen molar-refractivity contribution in [1.82, 2.24) is 10.2 Å². The summed E-state index contributed by atoms with van der Waals surface area (Å²) in [5, 5.41) is 15.6. The third-order valence-electron chi connectivity index (χ3n) is 3.47. The summed E-state index contributed by atoms with van der Waals surface area (Å²) in [5.74, 6) is -1.09. The number of anilines is 1. The molecule has 2 rings (SSSR count). The number of non-ortho nitro benzene ring substituents is 1. The van der Waals surface area contributed by atoms with Gasteiger partial charge >= 0.3 is 11.8 Å². The van der Waals surface area contributed by atoms with Gasteiger partial charge in [0.2, 0.25) is 0 Å². The van der Waals surface area contributed by atoms with Crippen LogP contribution in [0, 0.1) is 10.1 Å². The van der Waals surface area contributed by atoms with Gasteiger partial charge in [-0.15, -0.1) is 0 Å². The summed E-state index contributed by atoms with van der Waals surface area (Å²) < 4.78 is 5.32. The smallest absolute Gasteiger partial charge is 0.313 e. The maximum absolute atomic E-state index is 12.0. The summed E-state index contributed by atoms with van der Waals surface area (Å²) in [6.45, 7) is 0.168. The van der Waals surface area contributed by atoms with E-state index in [9.17, 15) is 19.7 Å². The van der Waals surface area contributed by atoms with Crippen LogP contribution < -0.4 is 10.6 Å². The number of rotatable bonds is 6. The van der Waals surface area contributed by atoms with Crippen molar-refractivity contribution in [3.05, 3.63) is 58.5 Å². The Morgan fingerprint density at radius 1 is 1.24 bits per heavy atom. The van der Waals surface area contributed by atoms with Gasteiger partial charge in [-0.3, -0.25) is 24.6 Å². The van der Waals surface area contributed by atoms with Crippen LogP contribution in [0.1, 0.15) is 11.8 Å². The number of amides is 2. The summed E-state index contributed by atoms with van der Waals surface area (Å²) >= 11 is 0. The summed E-state index contributed by atoms with van der Waals surface area (Å²) in [6.07, 6.45) is 1.53. The first-order valence-electron chi connectivity index (χ1n) is 7.42. The Labute approximate surface area is 143 Å². The van der Waals surface area contributed by atoms with Crippen molar-refractivity contribution in [3.63, 3.8) is 0 Å². The first-order chi connectivity index (χ1) is 11.9. The molecule has 0 saturated carbocycles. The van der Waals surface area contributed by atoms with Crippen molar-refractivity contribution in [2.75, 3.05) is 26.0 Å². The molecule has 0 spiro atoms. The molecular formula is C16H18N4O5. The van der Waals surface area contributed by atoms with E-state index in [0.717, 1.165) is 0 Å². The lowest BCUT2D eigenvalue weighted by Crippen LogP contribution is -2.40. The average Bonchev–Trinajstić information content (AvgIpc) is 3.08. The molecule has 2 aromatic rings. The normalized spacial score (nSPS) is 11.8. The van der Waals surface area contributed by atoms with Gasteiger partial charge in [0.1, 0.15) is 5.76 Å². The van der Waals surface area contributed by atoms with Crippen molar-refractivity contribution in [2.45, 2.75) is 6.04 Å². The number of nitro groups is 1. The Balaban J connectivity index is 1.95. The van der Waals surface area contributed by atoms with Gasteiger partial charge in [0, 0.05) is 24.4 Å². The molecule has 0 saturated heterocycles. The maximum Gasteiger partial charge on any atom is 0.313 e. The molecule has 0 radical (unpaired) electrons. The minimum atomic E-state index is -0.905. The Kier molecular flexibility index (Phi) is 5.85. The van der Waals surface area contributed by atoms with Gasteiger partial charge in [0.25, 0.3) is 5.69 Å². The van der Waals surface area contributed by atoms with Crippen LogP contribution in [0.15, 0.2) is 47.1 Å². The van der Waals surface area contributed by atoms with E-state index in [2.05, 4.69) is 10.6 Å². The molecule has 1 aromatic carbocycles. The molecule has 2 amide bonds. The van der Waals surface area contributed by atoms with Gasteiger partial charge in [0.15, 0.2) is 0 Å². The number of nitro benzene ring substituents is 1. The molecule has 0 aliphatic heterocycles. The SMILES string of the molecule is CN(C)[C@H](CNC(=O)C(=O)Nc1cccc([N+](=O)[O-])c1)c1ccco1. The quantitative estimate of drug-likeness (QED) is 0.465. The second-order valence-electron chi connectivity index (χ2n) is 5.47. The van der Waals surface area contributed by atoms with Crippen LogP contribution in [-0.4, -0.2) is 42.3 Å². The standard InChI is InChI=1S/C16H18N4O5/c1-19(2)13(14-7-4-8-25-14)10-17-15(21)16(22)18-11-5-3-6-12(9-11)20(23)24/h3-9,13H,10H2,1-2H3,(H,17,21)(H,18,22)/t13-/m1/s1. The van der Waals surface area contributed by atoms with E-state index >= 15 is 0 Å². The predicted molar refractivity (Wildman–Crippen MR) is 89.9 cm³/mol. The number of carbonyl (C=O) groups is 2. The number of hydrogen-bond acceptors (Lipinski definition) is 6. The van der Waals surface area contributed by atoms with Crippen molar-refractivity contribution < 1.29 is 18.9 Å². The van der Waals surface area contributed by atoms with Gasteiger partial charge in [-0.25, -0.2) is 0 Å². The zero-order valence-corrected chi connectivity index (χ0v) is 13.8. The van der Waals surface area contributed by atoms with Crippen LogP contribution >= 0.6 is 0 Å². The van der Waals surface area contributed by atoms with E-state index in [0.29, 0.717) is 5.76 Å². The molecule has 1 aromatic heterocycles. The molecule has 132 valence electrons. The number of carbonyl (C=O) groups excluding carboxylic acids is 2. The third-order valence-corrected chi connectivity index (χ3v) is 3.47. The maximum atomic E-state index is 12.0. The first kappa shape index (κ1) is 18.1. The van der Waals surface area contributed by atoms with E-state index < -0.39 is 16.7 Å². The number of nitrogens with one attached hydrogen (secondary N) is 2. The fourth-order valence-electron chi connectivity index (χ4n) is 2.17. The highest BCUT2D eigenvalue weighted by Gasteiger charge is 2.21. The Bertz CT molecular complexity index is 758. The average molecular weight is 346 g/mol. The van der Waals surface area contributed by atoms with Crippen molar-refractivity contribution in [2.24, 2.45) is 0 Å². The Morgan fingerprint density at radius 3 is 2.60 bits per heavy atom. The molecule has 0 bridgehead atoms. The molecule has 1 atom stereocenters. The Morgan fingerprint density at radius 2 is 2.00 bits per heavy atom. The molecule has 25 heavy (non-hydrogen) atoms. The zero-order chi connectivity index (χ0) is 18.4. The molecule has 0 aliphatic rings. The van der Waals surface area contributed by atoms with Gasteiger partial charge < -0.3 is 15.1 Å². The van der Waals surface area contributed by atoms with E-state index in [1.807, 2.05) is 19.0 Å². The van der Waals surface area contributed by atoms with Crippen molar-refractivity contribution >= 4 is 23.2 Å². The molecule has 0 aliphatic carbocycles. The minimum Gasteiger partial charge on any atom is -0.468 e. The van der Waals surface area contributed by atoms with E-state index in [4.69, 9.17) is 4.42 Å². The third kappa shape index (κ3) is 4.88. The lowest BCUT2D eigenvalue weighted by molar-refractivity contribution is -0.384. The number of hydrogen-bond donors (Lipinski definition) is 2. The van der Waals surface area contributed by atoms with Crippen LogP contribution in [-0.2, 0) is 9.59 Å². The topological polar surface area (TPSA) is 118 Å². The first-order valence-corrected chi connectivity index (χ1v) is 7.42. The van der Waals surface area contributed by atoms with Crippen LogP contribution in [0.2, 0.25) is 0 Å². The molecule has 9 heteroatoms. The molecule has 2 N–H and O–H groups in total. The largest absolute Gasteiger partial charge is 0.468 e. The fourth-order valence-corrected chi connectivity index (χ4v) is 2.17. The summed E-state index contributed by atoms with van der Waals surface area (Å²) in [7, 11) is 3.64. The molecule has 0 unspecified atom stereocenters. The molecule has 9 nitrogen and oxygen atoms in total. The predicted octanol–water partition coefficient (Wildman–Crippen LogP) is 1.55. The lowest BCUT2D eigenvalue weighted by Gasteiger charge is -2.22. The van der Waals surface area contributed by atoms with Crippen LogP contribution in [0.3, 0.4) is 0 Å². The van der Waals surface area contributed by atoms with Gasteiger partial charge in [-0.05, 0) is 32.3 Å². The summed E-state index contributed by atoms with van der Waals surface area (Å²) in [6, 6.07) is 8.64. The lowest BCUT2D eigenvalue weighted by atomic mass is 10.2. The van der Waals surface area contributed by atoms with Crippen molar-refractivity contribution in [3.8, 4) is 0 Å². The fraction of sp³-hybridized carbons (Fsp3) is 0.250. The zero-order valence-electron chi connectivity index (χ0n) is 13.8. The van der Waals surface area contributed by atoms with Crippen molar-refractivity contribution in [1.29, 1.82) is 0 Å². The van der Waals surface area contributed by atoms with Gasteiger partial charge in [0.05, 0.1) is 17.2 Å². The highest BCUT2D eigenvalue weighted by atomic mass is 16.6. The number of likely N-dealkylation sites (N-methyl/N-ethyl adjacent to an activating group) is 1. The highest BCUT2D eigenvalue weighted by molar-refractivity contribution is 6.39. The second kappa shape index (κ2) is 8.06. The molecular weight excluding hydrogens is 328 g/mol. The van der Waals surface area contributed by atoms with E-state index in [-0.39, 0.29) is 24.0 Å². The molecule has 1 heterocycles. The highest BCUT2D eigenvalue weighted by Crippen LogP contribution is 2.18. The number of furan rings is 1. The Hall–Kier alpha value is -3.20. The summed E-state index contributed by atoms with van der Waals surface area (Å²) in [5.41, 5.74) is -0.00626. The molecule has 0 fully saturated rings.